The molecule has 0 atom stereocenters. The smallest absolute Gasteiger partial charge is 0.321 e. The van der Waals surface area contributed by atoms with Crippen LogP contribution in [-0.2, 0) is 6.61 Å². The van der Waals surface area contributed by atoms with E-state index < -0.39 is 0 Å². The van der Waals surface area contributed by atoms with E-state index in [0.717, 1.165) is 18.5 Å². The molecule has 1 aliphatic rings. The van der Waals surface area contributed by atoms with Crippen molar-refractivity contribution in [1.29, 1.82) is 0 Å². The molecule has 1 aromatic heterocycles. The van der Waals surface area contributed by atoms with Gasteiger partial charge in [0.1, 0.15) is 12.4 Å². The Bertz CT molecular complexity index is 655. The number of urea groups is 1. The van der Waals surface area contributed by atoms with Gasteiger partial charge in [0, 0.05) is 36.8 Å². The van der Waals surface area contributed by atoms with E-state index in [1.54, 1.807) is 10.4 Å². The van der Waals surface area contributed by atoms with Crippen molar-refractivity contribution in [3.05, 3.63) is 40.8 Å². The second kappa shape index (κ2) is 8.12. The Morgan fingerprint density at radius 1 is 1.42 bits per heavy atom. The summed E-state index contributed by atoms with van der Waals surface area (Å²) < 4.78 is 5.70. The Morgan fingerprint density at radius 3 is 2.96 bits per heavy atom. The van der Waals surface area contributed by atoms with E-state index in [9.17, 15) is 4.79 Å². The number of hydrogen-bond donors (Lipinski definition) is 2. The molecule has 0 saturated carbocycles. The predicted molar refractivity (Wildman–Crippen MR) is 93.3 cm³/mol. The highest BCUT2D eigenvalue weighted by Crippen LogP contribution is 2.21. The Hall–Kier alpha value is -2.12. The number of carbonyl (C=O) groups is 1. The van der Waals surface area contributed by atoms with Gasteiger partial charge in [-0.05, 0) is 30.9 Å². The van der Waals surface area contributed by atoms with Crippen LogP contribution < -0.4 is 10.1 Å². The normalized spacial score (nSPS) is 15.3. The van der Waals surface area contributed by atoms with Gasteiger partial charge in [-0.25, -0.2) is 9.78 Å². The van der Waals surface area contributed by atoms with Crippen LogP contribution in [-0.4, -0.2) is 40.7 Å². The number of ether oxygens (including phenoxy) is 1. The van der Waals surface area contributed by atoms with Crippen molar-refractivity contribution in [3.63, 3.8) is 0 Å². The number of amides is 2. The highest BCUT2D eigenvalue weighted by Gasteiger charge is 2.22. The van der Waals surface area contributed by atoms with Gasteiger partial charge in [-0.2, -0.15) is 0 Å². The second-order valence-electron chi connectivity index (χ2n) is 5.84. The first-order valence-electron chi connectivity index (χ1n) is 8.01. The lowest BCUT2D eigenvalue weighted by molar-refractivity contribution is 0.143. The number of aliphatic hydroxyl groups is 1. The van der Waals surface area contributed by atoms with E-state index in [0.29, 0.717) is 37.1 Å². The Balaban J connectivity index is 1.53. The average molecular weight is 347 g/mol. The molecule has 128 valence electrons. The molecule has 2 N–H and O–H groups in total. The number of likely N-dealkylation sites (tertiary alicyclic amines) is 1. The van der Waals surface area contributed by atoms with Gasteiger partial charge in [0.25, 0.3) is 0 Å². The summed E-state index contributed by atoms with van der Waals surface area (Å²) in [5, 5.41) is 14.0. The van der Waals surface area contributed by atoms with Gasteiger partial charge in [0.05, 0.1) is 11.2 Å². The molecule has 1 saturated heterocycles. The lowest BCUT2D eigenvalue weighted by Gasteiger charge is -2.31. The molecule has 0 aliphatic carbocycles. The maximum atomic E-state index is 12.3. The maximum absolute atomic E-state index is 12.3. The van der Waals surface area contributed by atoms with Gasteiger partial charge >= 0.3 is 6.03 Å². The third-order valence-corrected chi connectivity index (χ3v) is 4.75. The van der Waals surface area contributed by atoms with Gasteiger partial charge in [-0.1, -0.05) is 6.07 Å². The van der Waals surface area contributed by atoms with E-state index in [2.05, 4.69) is 10.3 Å². The third kappa shape index (κ3) is 4.46. The first-order valence-corrected chi connectivity index (χ1v) is 8.95. The molecule has 2 amide bonds. The fraction of sp³-hybridized carbons (Fsp3) is 0.412. The van der Waals surface area contributed by atoms with E-state index in [-0.39, 0.29) is 12.6 Å². The Morgan fingerprint density at radius 2 is 2.25 bits per heavy atom. The lowest BCUT2D eigenvalue weighted by atomic mass is 9.98. The van der Waals surface area contributed by atoms with Crippen molar-refractivity contribution in [1.82, 2.24) is 9.88 Å². The molecule has 1 fully saturated rings. The standard InChI is InChI=1S/C17H21N3O3S/c21-9-13-4-6-20(7-5-13)17(22)19-14-2-1-3-16(8-14)23-10-15-11-24-12-18-15/h1-3,8,11-13,21H,4-7,9-10H2,(H,19,22). The van der Waals surface area contributed by atoms with Gasteiger partial charge in [0.15, 0.2) is 0 Å². The molecular formula is C17H21N3O3S. The molecule has 7 heteroatoms. The highest BCUT2D eigenvalue weighted by molar-refractivity contribution is 7.07. The minimum Gasteiger partial charge on any atom is -0.487 e. The van der Waals surface area contributed by atoms with Crippen LogP contribution in [0, 0.1) is 5.92 Å². The highest BCUT2D eigenvalue weighted by atomic mass is 32.1. The number of aromatic nitrogens is 1. The van der Waals surface area contributed by atoms with Crippen molar-refractivity contribution in [2.24, 2.45) is 5.92 Å². The Labute approximate surface area is 145 Å². The molecule has 0 radical (unpaired) electrons. The number of benzene rings is 1. The fourth-order valence-electron chi connectivity index (χ4n) is 2.65. The minimum absolute atomic E-state index is 0.108. The number of piperidine rings is 1. The molecule has 0 spiro atoms. The lowest BCUT2D eigenvalue weighted by Crippen LogP contribution is -2.41. The van der Waals surface area contributed by atoms with Gasteiger partial charge in [0.2, 0.25) is 0 Å². The first-order chi connectivity index (χ1) is 11.7. The van der Waals surface area contributed by atoms with E-state index in [1.165, 1.54) is 11.3 Å². The molecule has 3 rings (SSSR count). The van der Waals surface area contributed by atoms with Crippen LogP contribution in [0.25, 0.3) is 0 Å². The van der Waals surface area contributed by atoms with Crippen LogP contribution >= 0.6 is 11.3 Å². The molecule has 0 bridgehead atoms. The van der Waals surface area contributed by atoms with Gasteiger partial charge in [-0.3, -0.25) is 0 Å². The fourth-order valence-corrected chi connectivity index (χ4v) is 3.19. The van der Waals surface area contributed by atoms with Gasteiger partial charge < -0.3 is 20.1 Å². The average Bonchev–Trinajstić information content (AvgIpc) is 3.14. The summed E-state index contributed by atoms with van der Waals surface area (Å²) in [6.45, 7) is 1.97. The van der Waals surface area contributed by atoms with E-state index >= 15 is 0 Å². The summed E-state index contributed by atoms with van der Waals surface area (Å²) >= 11 is 1.53. The van der Waals surface area contributed by atoms with E-state index in [4.69, 9.17) is 9.84 Å². The zero-order valence-electron chi connectivity index (χ0n) is 13.4. The SMILES string of the molecule is O=C(Nc1cccc(OCc2cscn2)c1)N1CCC(CO)CC1. The number of anilines is 1. The number of nitrogens with zero attached hydrogens (tertiary/aromatic N) is 2. The molecule has 6 nitrogen and oxygen atoms in total. The first kappa shape index (κ1) is 16.7. The quantitative estimate of drug-likeness (QED) is 0.872. The van der Waals surface area contributed by atoms with Crippen LogP contribution in [0.1, 0.15) is 18.5 Å². The summed E-state index contributed by atoms with van der Waals surface area (Å²) in [5.41, 5.74) is 3.37. The van der Waals surface area contributed by atoms with Crippen molar-refractivity contribution < 1.29 is 14.6 Å². The van der Waals surface area contributed by atoms with E-state index in [1.807, 2.05) is 29.6 Å². The minimum atomic E-state index is -0.108. The molecular weight excluding hydrogens is 326 g/mol. The zero-order valence-corrected chi connectivity index (χ0v) is 14.2. The van der Waals surface area contributed by atoms with Crippen molar-refractivity contribution in [2.45, 2.75) is 19.4 Å². The van der Waals surface area contributed by atoms with Crippen LogP contribution in [0.15, 0.2) is 35.2 Å². The molecule has 2 heterocycles. The molecule has 2 aromatic rings. The maximum Gasteiger partial charge on any atom is 0.321 e. The number of hydrogen-bond acceptors (Lipinski definition) is 5. The van der Waals surface area contributed by atoms with Crippen molar-refractivity contribution in [3.8, 4) is 5.75 Å². The van der Waals surface area contributed by atoms with Crippen LogP contribution in [0.4, 0.5) is 10.5 Å². The second-order valence-corrected chi connectivity index (χ2v) is 6.56. The summed E-state index contributed by atoms with van der Waals surface area (Å²) in [6, 6.07) is 7.25. The summed E-state index contributed by atoms with van der Waals surface area (Å²) in [5.74, 6) is 1.01. The monoisotopic (exact) mass is 347 g/mol. The van der Waals surface area contributed by atoms with Crippen molar-refractivity contribution >= 4 is 23.1 Å². The molecule has 24 heavy (non-hydrogen) atoms. The number of rotatable bonds is 5. The summed E-state index contributed by atoms with van der Waals surface area (Å²) in [6.07, 6.45) is 1.70. The topological polar surface area (TPSA) is 74.7 Å². The largest absolute Gasteiger partial charge is 0.487 e. The molecule has 1 aromatic carbocycles. The molecule has 1 aliphatic heterocycles. The van der Waals surface area contributed by atoms with Crippen LogP contribution in [0.3, 0.4) is 0 Å². The van der Waals surface area contributed by atoms with Crippen LogP contribution in [0.2, 0.25) is 0 Å². The number of carbonyl (C=O) groups excluding carboxylic acids is 1. The summed E-state index contributed by atoms with van der Waals surface area (Å²) in [7, 11) is 0. The molecule has 0 unspecified atom stereocenters. The third-order valence-electron chi connectivity index (χ3n) is 4.12. The zero-order chi connectivity index (χ0) is 16.8. The number of thiazole rings is 1. The number of aliphatic hydroxyl groups excluding tert-OH is 1. The number of nitrogens with one attached hydrogen (secondary N) is 1. The van der Waals surface area contributed by atoms with Crippen molar-refractivity contribution in [2.75, 3.05) is 25.0 Å². The van der Waals surface area contributed by atoms with Gasteiger partial charge in [-0.15, -0.1) is 11.3 Å². The Kier molecular flexibility index (Phi) is 5.66. The van der Waals surface area contributed by atoms with Crippen LogP contribution in [0.5, 0.6) is 5.75 Å². The summed E-state index contributed by atoms with van der Waals surface area (Å²) in [4.78, 5) is 18.3. The predicted octanol–water partition coefficient (Wildman–Crippen LogP) is 2.96.